The highest BCUT2D eigenvalue weighted by molar-refractivity contribution is 5.29. The van der Waals surface area contributed by atoms with Crippen LogP contribution >= 0.6 is 0 Å². The van der Waals surface area contributed by atoms with E-state index in [0.717, 1.165) is 12.1 Å². The van der Waals surface area contributed by atoms with Gasteiger partial charge < -0.3 is 14.8 Å². The first-order valence-electron chi connectivity index (χ1n) is 6.72. The topological polar surface area (TPSA) is 30.5 Å². The minimum Gasteiger partial charge on any atom is -0.489 e. The Morgan fingerprint density at radius 2 is 1.77 bits per heavy atom. The van der Waals surface area contributed by atoms with Crippen molar-refractivity contribution in [3.63, 3.8) is 0 Å². The molecule has 1 heterocycles. The lowest BCUT2D eigenvalue weighted by Gasteiger charge is -2.16. The van der Waals surface area contributed by atoms with Crippen molar-refractivity contribution in [3.8, 4) is 5.75 Å². The molecule has 1 saturated heterocycles. The van der Waals surface area contributed by atoms with Crippen molar-refractivity contribution in [2.75, 3.05) is 13.2 Å². The summed E-state index contributed by atoms with van der Waals surface area (Å²) in [5.74, 6) is 0.308. The third-order valence-corrected chi connectivity index (χ3v) is 3.20. The fourth-order valence-corrected chi connectivity index (χ4v) is 2.16. The Bertz CT molecular complexity index is 483. The van der Waals surface area contributed by atoms with Gasteiger partial charge in [-0.2, -0.15) is 22.0 Å². The van der Waals surface area contributed by atoms with E-state index < -0.39 is 17.8 Å². The average molecular weight is 325 g/mol. The molecule has 0 saturated carbocycles. The Labute approximate surface area is 124 Å². The second-order valence-corrected chi connectivity index (χ2v) is 5.22. The zero-order valence-corrected chi connectivity index (χ0v) is 11.8. The summed E-state index contributed by atoms with van der Waals surface area (Å²) < 4.78 is 72.4. The molecular weight excluding hydrogens is 309 g/mol. The van der Waals surface area contributed by atoms with Crippen LogP contribution in [0.15, 0.2) is 24.3 Å². The second kappa shape index (κ2) is 6.37. The van der Waals surface area contributed by atoms with Crippen LogP contribution in [0.4, 0.5) is 22.0 Å². The molecule has 1 N–H and O–H groups in total. The van der Waals surface area contributed by atoms with E-state index in [1.54, 1.807) is 0 Å². The van der Waals surface area contributed by atoms with Crippen molar-refractivity contribution < 1.29 is 31.4 Å². The minimum absolute atomic E-state index is 0.156. The molecule has 124 valence electrons. The first-order valence-corrected chi connectivity index (χ1v) is 6.72. The summed E-state index contributed by atoms with van der Waals surface area (Å²) in [4.78, 5) is 0. The first kappa shape index (κ1) is 17.0. The van der Waals surface area contributed by atoms with Gasteiger partial charge in [-0.15, -0.1) is 0 Å². The molecule has 2 atom stereocenters. The van der Waals surface area contributed by atoms with E-state index in [-0.39, 0.29) is 18.8 Å². The zero-order valence-electron chi connectivity index (χ0n) is 11.8. The van der Waals surface area contributed by atoms with Crippen molar-refractivity contribution in [1.29, 1.82) is 0 Å². The highest BCUT2D eigenvalue weighted by Crippen LogP contribution is 2.30. The molecular formula is C14H16F5NO2. The third kappa shape index (κ3) is 5.10. The number of nitrogens with one attached hydrogen (secondary N) is 1. The third-order valence-electron chi connectivity index (χ3n) is 3.20. The van der Waals surface area contributed by atoms with Gasteiger partial charge in [0.2, 0.25) is 0 Å². The van der Waals surface area contributed by atoms with Gasteiger partial charge in [0.05, 0.1) is 12.2 Å². The molecule has 1 aromatic rings. The number of alkyl halides is 5. The van der Waals surface area contributed by atoms with Crippen LogP contribution in [0.25, 0.3) is 0 Å². The van der Waals surface area contributed by atoms with Crippen LogP contribution in [0, 0.1) is 0 Å². The molecule has 0 radical (unpaired) electrons. The number of rotatable bonds is 5. The number of hydrogen-bond donors (Lipinski definition) is 1. The van der Waals surface area contributed by atoms with Crippen molar-refractivity contribution in [1.82, 2.24) is 5.32 Å². The summed E-state index contributed by atoms with van der Waals surface area (Å²) in [5, 5.41) is 2.97. The predicted molar refractivity (Wildman–Crippen MR) is 68.8 cm³/mol. The fourth-order valence-electron chi connectivity index (χ4n) is 2.16. The van der Waals surface area contributed by atoms with Gasteiger partial charge in [0, 0.05) is 25.9 Å². The monoisotopic (exact) mass is 325 g/mol. The number of ether oxygens (including phenoxy) is 2. The number of halogens is 5. The molecule has 22 heavy (non-hydrogen) atoms. The van der Waals surface area contributed by atoms with Crippen LogP contribution in [0.3, 0.4) is 0 Å². The maximum atomic E-state index is 12.6. The highest BCUT2D eigenvalue weighted by Gasteiger charge is 2.31. The molecule has 0 spiro atoms. The molecule has 1 fully saturated rings. The molecule has 3 nitrogen and oxygen atoms in total. The zero-order chi connectivity index (χ0) is 16.4. The second-order valence-electron chi connectivity index (χ2n) is 5.22. The highest BCUT2D eigenvalue weighted by atomic mass is 19.4. The average Bonchev–Trinajstić information content (AvgIpc) is 2.83. The lowest BCUT2D eigenvalue weighted by atomic mass is 10.2. The first-order chi connectivity index (χ1) is 10.1. The number of hydrogen-bond acceptors (Lipinski definition) is 3. The normalized spacial score (nSPS) is 22.8. The van der Waals surface area contributed by atoms with Gasteiger partial charge in [-0.25, -0.2) is 0 Å². The molecule has 0 aliphatic carbocycles. The Morgan fingerprint density at radius 3 is 2.32 bits per heavy atom. The molecule has 0 unspecified atom stereocenters. The summed E-state index contributed by atoms with van der Waals surface area (Å²) in [6.07, 6.45) is -7.43. The van der Waals surface area contributed by atoms with Gasteiger partial charge >= 0.3 is 12.3 Å². The van der Waals surface area contributed by atoms with E-state index in [4.69, 9.17) is 4.74 Å². The molecule has 1 aliphatic heterocycles. The molecule has 8 heteroatoms. The van der Waals surface area contributed by atoms with E-state index in [9.17, 15) is 22.0 Å². The van der Waals surface area contributed by atoms with Gasteiger partial charge in [0.25, 0.3) is 0 Å². The van der Waals surface area contributed by atoms with Crippen LogP contribution in [-0.2, 0) is 10.9 Å². The number of benzene rings is 1. The van der Waals surface area contributed by atoms with Crippen LogP contribution in [0.5, 0.6) is 5.75 Å². The van der Waals surface area contributed by atoms with Crippen molar-refractivity contribution in [2.45, 2.75) is 37.8 Å². The van der Waals surface area contributed by atoms with E-state index in [1.807, 2.05) is 0 Å². The van der Waals surface area contributed by atoms with Crippen molar-refractivity contribution in [3.05, 3.63) is 29.8 Å². The maximum absolute atomic E-state index is 12.6. The lowest BCUT2D eigenvalue weighted by molar-refractivity contribution is -0.226. The Hall–Kier alpha value is -1.41. The van der Waals surface area contributed by atoms with Crippen molar-refractivity contribution >= 4 is 0 Å². The summed E-state index contributed by atoms with van der Waals surface area (Å²) in [5.41, 5.74) is -0.749. The molecule has 2 rings (SSSR count). The Balaban J connectivity index is 1.83. The minimum atomic E-state index is -4.39. The van der Waals surface area contributed by atoms with Gasteiger partial charge in [-0.1, -0.05) is 0 Å². The summed E-state index contributed by atoms with van der Waals surface area (Å²) in [6, 6.07) is 4.09. The molecule has 1 aliphatic rings. The SMILES string of the molecule is CC(F)(F)OC[C@@H]1C[C@@H](Oc2ccc(C(F)(F)F)cc2)CN1. The molecule has 0 aromatic heterocycles. The maximum Gasteiger partial charge on any atom is 0.416 e. The van der Waals surface area contributed by atoms with E-state index in [2.05, 4.69) is 10.1 Å². The Morgan fingerprint density at radius 1 is 1.14 bits per heavy atom. The van der Waals surface area contributed by atoms with E-state index in [1.165, 1.54) is 12.1 Å². The van der Waals surface area contributed by atoms with Crippen LogP contribution in [-0.4, -0.2) is 31.4 Å². The van der Waals surface area contributed by atoms with Crippen LogP contribution in [0.1, 0.15) is 18.9 Å². The summed E-state index contributed by atoms with van der Waals surface area (Å²) in [6.45, 7) is 0.929. The largest absolute Gasteiger partial charge is 0.489 e. The van der Waals surface area contributed by atoms with Gasteiger partial charge in [-0.05, 0) is 24.3 Å². The van der Waals surface area contributed by atoms with Gasteiger partial charge in [-0.3, -0.25) is 0 Å². The van der Waals surface area contributed by atoms with Crippen LogP contribution < -0.4 is 10.1 Å². The molecule has 0 amide bonds. The smallest absolute Gasteiger partial charge is 0.416 e. The van der Waals surface area contributed by atoms with E-state index in [0.29, 0.717) is 25.6 Å². The van der Waals surface area contributed by atoms with Crippen LogP contribution in [0.2, 0.25) is 0 Å². The van der Waals surface area contributed by atoms with Gasteiger partial charge in [0.15, 0.2) is 0 Å². The van der Waals surface area contributed by atoms with Crippen molar-refractivity contribution in [2.24, 2.45) is 0 Å². The predicted octanol–water partition coefficient (Wildman–Crippen LogP) is 3.44. The standard InChI is InChI=1S/C14H16F5NO2/c1-13(15,16)21-8-10-6-12(7-20-10)22-11-4-2-9(3-5-11)14(17,18)19/h2-5,10,12,20H,6-8H2,1H3/t10-,12+/m0/s1. The lowest BCUT2D eigenvalue weighted by Crippen LogP contribution is -2.30. The van der Waals surface area contributed by atoms with E-state index >= 15 is 0 Å². The molecule has 0 bridgehead atoms. The quantitative estimate of drug-likeness (QED) is 0.841. The van der Waals surface area contributed by atoms with Gasteiger partial charge in [0.1, 0.15) is 11.9 Å². The summed E-state index contributed by atoms with van der Waals surface area (Å²) in [7, 11) is 0. The fraction of sp³-hybridized carbons (Fsp3) is 0.571. The molecule has 1 aromatic carbocycles. The summed E-state index contributed by atoms with van der Waals surface area (Å²) >= 11 is 0. The Kier molecular flexibility index (Phi) is 4.91.